The van der Waals surface area contributed by atoms with Crippen molar-refractivity contribution in [3.63, 3.8) is 0 Å². The Morgan fingerprint density at radius 3 is 2.71 bits per heavy atom. The number of hydrogen-bond donors (Lipinski definition) is 2. The van der Waals surface area contributed by atoms with Crippen molar-refractivity contribution < 1.29 is 14.6 Å². The van der Waals surface area contributed by atoms with Crippen LogP contribution < -0.4 is 5.32 Å². The van der Waals surface area contributed by atoms with Crippen LogP contribution in [0.15, 0.2) is 0 Å². The molecule has 1 rings (SSSR count). The van der Waals surface area contributed by atoms with Crippen LogP contribution in [0.2, 0.25) is 0 Å². The van der Waals surface area contributed by atoms with Gasteiger partial charge in [0.05, 0.1) is 19.8 Å². The molecule has 0 aliphatic heterocycles. The first-order valence-corrected chi connectivity index (χ1v) is 6.78. The second-order valence-electron chi connectivity index (χ2n) is 4.73. The third-order valence-corrected chi connectivity index (χ3v) is 3.31. The van der Waals surface area contributed by atoms with Gasteiger partial charge in [-0.15, -0.1) is 0 Å². The molecule has 0 atom stereocenters. The van der Waals surface area contributed by atoms with Gasteiger partial charge in [-0.1, -0.05) is 32.1 Å². The average molecular weight is 243 g/mol. The first-order valence-electron chi connectivity index (χ1n) is 6.78. The molecule has 4 nitrogen and oxygen atoms in total. The highest BCUT2D eigenvalue weighted by Crippen LogP contribution is 2.26. The summed E-state index contributed by atoms with van der Waals surface area (Å²) in [6.07, 6.45) is 8.31. The van der Waals surface area contributed by atoms with E-state index in [9.17, 15) is 4.79 Å². The zero-order valence-electron chi connectivity index (χ0n) is 10.6. The van der Waals surface area contributed by atoms with E-state index in [0.717, 1.165) is 12.3 Å². The zero-order valence-corrected chi connectivity index (χ0v) is 10.6. The van der Waals surface area contributed by atoms with E-state index in [1.807, 2.05) is 0 Å². The van der Waals surface area contributed by atoms with Crippen LogP contribution in [0.5, 0.6) is 0 Å². The van der Waals surface area contributed by atoms with Crippen LogP contribution in [0.1, 0.15) is 44.9 Å². The average Bonchev–Trinajstić information content (AvgIpc) is 2.37. The summed E-state index contributed by atoms with van der Waals surface area (Å²) in [5, 5.41) is 11.3. The molecule has 4 heteroatoms. The third kappa shape index (κ3) is 7.34. The Labute approximate surface area is 104 Å². The van der Waals surface area contributed by atoms with Gasteiger partial charge in [0.1, 0.15) is 0 Å². The Morgan fingerprint density at radius 2 is 2.00 bits per heavy atom. The van der Waals surface area contributed by atoms with E-state index >= 15 is 0 Å². The summed E-state index contributed by atoms with van der Waals surface area (Å²) in [6.45, 7) is 1.41. The predicted octanol–water partition coefficient (Wildman–Crippen LogP) is 1.47. The van der Waals surface area contributed by atoms with E-state index in [4.69, 9.17) is 9.84 Å². The van der Waals surface area contributed by atoms with Crippen LogP contribution in [0, 0.1) is 5.92 Å². The molecule has 0 aromatic rings. The highest BCUT2D eigenvalue weighted by Gasteiger charge is 2.14. The smallest absolute Gasteiger partial charge is 0.220 e. The van der Waals surface area contributed by atoms with Gasteiger partial charge in [-0.2, -0.15) is 0 Å². The van der Waals surface area contributed by atoms with Crippen molar-refractivity contribution in [2.24, 2.45) is 5.92 Å². The fraction of sp³-hybridized carbons (Fsp3) is 0.923. The summed E-state index contributed by atoms with van der Waals surface area (Å²) in [4.78, 5) is 11.5. The van der Waals surface area contributed by atoms with Crippen molar-refractivity contribution in [1.82, 2.24) is 5.32 Å². The van der Waals surface area contributed by atoms with E-state index in [-0.39, 0.29) is 12.5 Å². The van der Waals surface area contributed by atoms with Crippen LogP contribution >= 0.6 is 0 Å². The Hall–Kier alpha value is -0.610. The highest BCUT2D eigenvalue weighted by molar-refractivity contribution is 5.75. The normalized spacial score (nSPS) is 17.0. The fourth-order valence-corrected chi connectivity index (χ4v) is 2.33. The summed E-state index contributed by atoms with van der Waals surface area (Å²) in [5.74, 6) is 0.892. The number of carbonyl (C=O) groups is 1. The Bertz CT molecular complexity index is 203. The van der Waals surface area contributed by atoms with Gasteiger partial charge in [0.2, 0.25) is 5.91 Å². The molecule has 0 spiro atoms. The minimum absolute atomic E-state index is 0.0373. The Morgan fingerprint density at radius 1 is 1.24 bits per heavy atom. The third-order valence-electron chi connectivity index (χ3n) is 3.31. The lowest BCUT2D eigenvalue weighted by molar-refractivity contribution is -0.121. The fourth-order valence-electron chi connectivity index (χ4n) is 2.33. The molecule has 1 aliphatic rings. The molecule has 1 saturated carbocycles. The standard InChI is InChI=1S/C13H25NO3/c15-9-11-17-10-8-14-13(16)7-6-12-4-2-1-3-5-12/h12,15H,1-11H2,(H,14,16). The van der Waals surface area contributed by atoms with Gasteiger partial charge in [-0.25, -0.2) is 0 Å². The van der Waals surface area contributed by atoms with Crippen molar-refractivity contribution in [2.45, 2.75) is 44.9 Å². The van der Waals surface area contributed by atoms with E-state index in [1.165, 1.54) is 32.1 Å². The highest BCUT2D eigenvalue weighted by atomic mass is 16.5. The molecule has 0 heterocycles. The van der Waals surface area contributed by atoms with Crippen molar-refractivity contribution in [1.29, 1.82) is 0 Å². The summed E-state index contributed by atoms with van der Waals surface area (Å²) < 4.78 is 5.06. The van der Waals surface area contributed by atoms with Gasteiger partial charge in [-0.3, -0.25) is 4.79 Å². The molecule has 0 aromatic carbocycles. The zero-order chi connectivity index (χ0) is 12.3. The van der Waals surface area contributed by atoms with Crippen molar-refractivity contribution in [2.75, 3.05) is 26.4 Å². The van der Waals surface area contributed by atoms with Gasteiger partial charge in [0, 0.05) is 13.0 Å². The van der Waals surface area contributed by atoms with Crippen molar-refractivity contribution >= 4 is 5.91 Å². The maximum absolute atomic E-state index is 11.5. The van der Waals surface area contributed by atoms with Crippen LogP contribution in [0.3, 0.4) is 0 Å². The van der Waals surface area contributed by atoms with Gasteiger partial charge in [0.25, 0.3) is 0 Å². The van der Waals surface area contributed by atoms with Crippen LogP contribution in [0.25, 0.3) is 0 Å². The first kappa shape index (κ1) is 14.5. The van der Waals surface area contributed by atoms with E-state index < -0.39 is 0 Å². The predicted molar refractivity (Wildman–Crippen MR) is 66.7 cm³/mol. The van der Waals surface area contributed by atoms with E-state index in [1.54, 1.807) is 0 Å². The summed E-state index contributed by atoms with van der Waals surface area (Å²) >= 11 is 0. The molecular weight excluding hydrogens is 218 g/mol. The molecule has 0 radical (unpaired) electrons. The maximum atomic E-state index is 11.5. The lowest BCUT2D eigenvalue weighted by Crippen LogP contribution is -2.28. The molecule has 1 fully saturated rings. The van der Waals surface area contributed by atoms with Gasteiger partial charge < -0.3 is 15.2 Å². The van der Waals surface area contributed by atoms with Crippen LogP contribution in [-0.4, -0.2) is 37.4 Å². The molecule has 1 amide bonds. The van der Waals surface area contributed by atoms with E-state index in [2.05, 4.69) is 5.32 Å². The van der Waals surface area contributed by atoms with Crippen LogP contribution in [-0.2, 0) is 9.53 Å². The Balaban J connectivity index is 1.93. The number of ether oxygens (including phenoxy) is 1. The number of nitrogens with one attached hydrogen (secondary N) is 1. The second kappa shape index (κ2) is 9.42. The largest absolute Gasteiger partial charge is 0.394 e. The summed E-state index contributed by atoms with van der Waals surface area (Å²) in [6, 6.07) is 0. The number of aliphatic hydroxyl groups excluding tert-OH is 1. The lowest BCUT2D eigenvalue weighted by atomic mass is 9.86. The molecular formula is C13H25NO3. The Kier molecular flexibility index (Phi) is 8.01. The summed E-state index contributed by atoms with van der Waals surface area (Å²) in [5.41, 5.74) is 0. The quantitative estimate of drug-likeness (QED) is 0.635. The lowest BCUT2D eigenvalue weighted by Gasteiger charge is -2.20. The molecule has 0 aromatic heterocycles. The van der Waals surface area contributed by atoms with Gasteiger partial charge in [0.15, 0.2) is 0 Å². The van der Waals surface area contributed by atoms with E-state index in [0.29, 0.717) is 26.2 Å². The van der Waals surface area contributed by atoms with Crippen molar-refractivity contribution in [3.05, 3.63) is 0 Å². The maximum Gasteiger partial charge on any atom is 0.220 e. The molecule has 100 valence electrons. The summed E-state index contributed by atoms with van der Waals surface area (Å²) in [7, 11) is 0. The monoisotopic (exact) mass is 243 g/mol. The second-order valence-corrected chi connectivity index (χ2v) is 4.73. The number of rotatable bonds is 8. The van der Waals surface area contributed by atoms with Gasteiger partial charge in [-0.05, 0) is 12.3 Å². The molecule has 17 heavy (non-hydrogen) atoms. The topological polar surface area (TPSA) is 58.6 Å². The minimum atomic E-state index is 0.0373. The minimum Gasteiger partial charge on any atom is -0.394 e. The molecule has 2 N–H and O–H groups in total. The van der Waals surface area contributed by atoms with Gasteiger partial charge >= 0.3 is 0 Å². The van der Waals surface area contributed by atoms with Crippen LogP contribution in [0.4, 0.5) is 0 Å². The SMILES string of the molecule is O=C(CCC1CCCCC1)NCCOCCO. The first-order chi connectivity index (χ1) is 8.33. The molecule has 0 bridgehead atoms. The number of carbonyl (C=O) groups excluding carboxylic acids is 1. The molecule has 0 unspecified atom stereocenters. The number of aliphatic hydroxyl groups is 1. The molecule has 1 aliphatic carbocycles. The number of amides is 1. The number of hydrogen-bond acceptors (Lipinski definition) is 3. The van der Waals surface area contributed by atoms with Crippen molar-refractivity contribution in [3.8, 4) is 0 Å². The molecule has 0 saturated heterocycles.